The third-order valence-electron chi connectivity index (χ3n) is 6.92. The van der Waals surface area contributed by atoms with E-state index in [1.807, 2.05) is 30.5 Å². The van der Waals surface area contributed by atoms with Crippen LogP contribution in [0.3, 0.4) is 0 Å². The maximum absolute atomic E-state index is 12.9. The number of ether oxygens (including phenoxy) is 1. The second-order valence-corrected chi connectivity index (χ2v) is 9.94. The van der Waals surface area contributed by atoms with Gasteiger partial charge in [0.2, 0.25) is 5.91 Å². The maximum atomic E-state index is 12.9. The highest BCUT2D eigenvalue weighted by Crippen LogP contribution is 2.44. The van der Waals surface area contributed by atoms with Crippen LogP contribution in [0.4, 0.5) is 4.79 Å². The number of benzene rings is 2. The van der Waals surface area contributed by atoms with Gasteiger partial charge < -0.3 is 20.5 Å². The van der Waals surface area contributed by atoms with Crippen molar-refractivity contribution >= 4 is 29.7 Å². The van der Waals surface area contributed by atoms with Crippen LogP contribution in [0.25, 0.3) is 11.1 Å². The fraction of sp³-hybridized carbons (Fsp3) is 0.423. The van der Waals surface area contributed by atoms with E-state index < -0.39 is 23.5 Å². The minimum atomic E-state index is -1.04. The number of nitrogens with one attached hydrogen (secondary N) is 2. The summed E-state index contributed by atoms with van der Waals surface area (Å²) in [6.07, 6.45) is 3.76. The molecule has 2 aromatic rings. The van der Waals surface area contributed by atoms with E-state index in [0.29, 0.717) is 25.0 Å². The number of aliphatic carboxylic acids is 1. The lowest BCUT2D eigenvalue weighted by Gasteiger charge is -2.40. The minimum absolute atomic E-state index is 0.0353. The van der Waals surface area contributed by atoms with Gasteiger partial charge >= 0.3 is 12.1 Å². The number of thioether (sulfide) groups is 1. The fourth-order valence-electron chi connectivity index (χ4n) is 4.78. The molecule has 8 heteroatoms. The van der Waals surface area contributed by atoms with Crippen molar-refractivity contribution in [3.05, 3.63) is 59.7 Å². The molecule has 2 aromatic carbocycles. The average Bonchev–Trinajstić information content (AvgIpc) is 3.13. The van der Waals surface area contributed by atoms with Crippen LogP contribution in [-0.4, -0.2) is 54.3 Å². The first-order valence-corrected chi connectivity index (χ1v) is 13.0. The summed E-state index contributed by atoms with van der Waals surface area (Å²) in [7, 11) is 0. The normalized spacial score (nSPS) is 16.5. The standard InChI is InChI=1S/C26H30N2O5S/c1-34-14-11-22(23(29)30)28-24(31)26(12-6-13-26)16-27-25(32)33-15-21-19-9-4-2-7-17(19)18-8-3-5-10-20(18)21/h2-5,7-10,21-22H,6,11-16H2,1H3,(H,27,32)(H,28,31)(H,29,30). The number of carboxylic acid groups (broad SMARTS) is 1. The summed E-state index contributed by atoms with van der Waals surface area (Å²) in [6, 6.07) is 15.3. The Hall–Kier alpha value is -3.00. The van der Waals surface area contributed by atoms with Gasteiger partial charge in [0.1, 0.15) is 12.6 Å². The molecular weight excluding hydrogens is 452 g/mol. The number of carbonyl (C=O) groups excluding carboxylic acids is 2. The van der Waals surface area contributed by atoms with Crippen molar-refractivity contribution in [1.29, 1.82) is 0 Å². The first kappa shape index (κ1) is 24.1. The molecule has 1 unspecified atom stereocenters. The molecule has 0 spiro atoms. The summed E-state index contributed by atoms with van der Waals surface area (Å²) in [5.74, 6) is -0.748. The number of rotatable bonds is 10. The number of fused-ring (bicyclic) bond motifs is 3. The topological polar surface area (TPSA) is 105 Å². The van der Waals surface area contributed by atoms with Gasteiger partial charge in [-0.05, 0) is 53.5 Å². The Balaban J connectivity index is 1.34. The lowest BCUT2D eigenvalue weighted by Crippen LogP contribution is -2.55. The molecule has 2 aliphatic carbocycles. The first-order chi connectivity index (χ1) is 16.4. The van der Waals surface area contributed by atoms with Crippen LogP contribution in [0.15, 0.2) is 48.5 Å². The molecule has 0 radical (unpaired) electrons. The van der Waals surface area contributed by atoms with E-state index in [2.05, 4.69) is 34.9 Å². The molecule has 4 rings (SSSR count). The van der Waals surface area contributed by atoms with E-state index >= 15 is 0 Å². The maximum Gasteiger partial charge on any atom is 0.407 e. The number of hydrogen-bond acceptors (Lipinski definition) is 5. The highest BCUT2D eigenvalue weighted by atomic mass is 32.2. The van der Waals surface area contributed by atoms with E-state index in [1.54, 1.807) is 0 Å². The summed E-state index contributed by atoms with van der Waals surface area (Å²) >= 11 is 1.54. The van der Waals surface area contributed by atoms with Gasteiger partial charge in [0.15, 0.2) is 0 Å². The molecule has 2 aliphatic rings. The second kappa shape index (κ2) is 10.5. The minimum Gasteiger partial charge on any atom is -0.480 e. The van der Waals surface area contributed by atoms with E-state index in [4.69, 9.17) is 4.74 Å². The highest BCUT2D eigenvalue weighted by molar-refractivity contribution is 7.98. The highest BCUT2D eigenvalue weighted by Gasteiger charge is 2.45. The van der Waals surface area contributed by atoms with E-state index in [9.17, 15) is 19.5 Å². The Kier molecular flexibility index (Phi) is 7.46. The third-order valence-corrected chi connectivity index (χ3v) is 7.57. The van der Waals surface area contributed by atoms with Crippen LogP contribution in [0, 0.1) is 5.41 Å². The Morgan fingerprint density at radius 3 is 2.24 bits per heavy atom. The van der Waals surface area contributed by atoms with Crippen molar-refractivity contribution in [3.63, 3.8) is 0 Å². The number of carbonyl (C=O) groups is 3. The van der Waals surface area contributed by atoms with Crippen molar-refractivity contribution in [2.75, 3.05) is 25.2 Å². The van der Waals surface area contributed by atoms with Gasteiger partial charge in [-0.1, -0.05) is 55.0 Å². The monoisotopic (exact) mass is 482 g/mol. The number of alkyl carbamates (subject to hydrolysis) is 1. The molecule has 180 valence electrons. The SMILES string of the molecule is CSCCC(NC(=O)C1(CNC(=O)OCC2c3ccccc3-c3ccccc32)CCC1)C(=O)O. The van der Waals surface area contributed by atoms with E-state index in [-0.39, 0.29) is 25.0 Å². The van der Waals surface area contributed by atoms with Crippen LogP contribution < -0.4 is 10.6 Å². The zero-order chi connectivity index (χ0) is 24.1. The second-order valence-electron chi connectivity index (χ2n) is 8.96. The van der Waals surface area contributed by atoms with E-state index in [1.165, 1.54) is 11.8 Å². The van der Waals surface area contributed by atoms with Gasteiger partial charge in [-0.15, -0.1) is 0 Å². The number of amides is 2. The molecule has 3 N–H and O–H groups in total. The summed E-state index contributed by atoms with van der Waals surface area (Å²) in [4.78, 5) is 37.0. The quantitative estimate of drug-likeness (QED) is 0.473. The first-order valence-electron chi connectivity index (χ1n) is 11.6. The van der Waals surface area contributed by atoms with Crippen molar-refractivity contribution < 1.29 is 24.2 Å². The number of hydrogen-bond donors (Lipinski definition) is 3. The molecule has 7 nitrogen and oxygen atoms in total. The Bertz CT molecular complexity index is 1020. The van der Waals surface area contributed by atoms with Crippen LogP contribution in [0.5, 0.6) is 0 Å². The predicted molar refractivity (Wildman–Crippen MR) is 132 cm³/mol. The summed E-state index contributed by atoms with van der Waals surface area (Å²) in [6.45, 7) is 0.333. The lowest BCUT2D eigenvalue weighted by atomic mass is 9.68. The molecule has 0 heterocycles. The van der Waals surface area contributed by atoms with Gasteiger partial charge in [0, 0.05) is 12.5 Å². The average molecular weight is 483 g/mol. The Labute approximate surface area is 203 Å². The molecule has 0 aromatic heterocycles. The van der Waals surface area contributed by atoms with Gasteiger partial charge in [0.25, 0.3) is 0 Å². The smallest absolute Gasteiger partial charge is 0.407 e. The zero-order valence-electron chi connectivity index (χ0n) is 19.2. The van der Waals surface area contributed by atoms with Crippen LogP contribution in [0.2, 0.25) is 0 Å². The summed E-state index contributed by atoms with van der Waals surface area (Å²) < 4.78 is 5.58. The molecule has 0 aliphatic heterocycles. The van der Waals surface area contributed by atoms with Crippen molar-refractivity contribution in [3.8, 4) is 11.1 Å². The molecule has 1 saturated carbocycles. The molecule has 34 heavy (non-hydrogen) atoms. The van der Waals surface area contributed by atoms with Crippen molar-refractivity contribution in [2.24, 2.45) is 5.41 Å². The lowest BCUT2D eigenvalue weighted by molar-refractivity contribution is -0.145. The summed E-state index contributed by atoms with van der Waals surface area (Å²) in [5.41, 5.74) is 3.81. The molecule has 0 saturated heterocycles. The van der Waals surface area contributed by atoms with E-state index in [0.717, 1.165) is 28.7 Å². The van der Waals surface area contributed by atoms with Crippen LogP contribution in [-0.2, 0) is 14.3 Å². The van der Waals surface area contributed by atoms with Gasteiger partial charge in [-0.2, -0.15) is 11.8 Å². The fourth-order valence-corrected chi connectivity index (χ4v) is 5.25. The summed E-state index contributed by atoms with van der Waals surface area (Å²) in [5, 5.41) is 14.8. The molecule has 1 fully saturated rings. The molecular formula is C26H30N2O5S. The molecule has 2 amide bonds. The largest absolute Gasteiger partial charge is 0.480 e. The van der Waals surface area contributed by atoms with Gasteiger partial charge in [-0.3, -0.25) is 4.79 Å². The predicted octanol–water partition coefficient (Wildman–Crippen LogP) is 4.02. The van der Waals surface area contributed by atoms with Crippen LogP contribution >= 0.6 is 11.8 Å². The van der Waals surface area contributed by atoms with Crippen molar-refractivity contribution in [2.45, 2.75) is 37.6 Å². The molecule has 0 bridgehead atoms. The Morgan fingerprint density at radius 1 is 1.09 bits per heavy atom. The van der Waals surface area contributed by atoms with Gasteiger partial charge in [0.05, 0.1) is 5.41 Å². The van der Waals surface area contributed by atoms with Crippen molar-refractivity contribution in [1.82, 2.24) is 10.6 Å². The number of carboxylic acids is 1. The van der Waals surface area contributed by atoms with Crippen LogP contribution in [0.1, 0.15) is 42.7 Å². The Morgan fingerprint density at radius 2 is 1.71 bits per heavy atom. The third kappa shape index (κ3) is 4.92. The van der Waals surface area contributed by atoms with Gasteiger partial charge in [-0.25, -0.2) is 9.59 Å². The zero-order valence-corrected chi connectivity index (χ0v) is 20.0. The molecule has 1 atom stereocenters.